The smallest absolute Gasteiger partial charge is 0.362 e. The third-order valence-electron chi connectivity index (χ3n) is 7.78. The molecule has 0 aromatic rings. The van der Waals surface area contributed by atoms with E-state index in [1.807, 2.05) is 6.08 Å². The molecule has 0 aromatic heterocycles. The number of quaternary nitrogens is 1. The van der Waals surface area contributed by atoms with E-state index in [4.69, 9.17) is 0 Å². The molecule has 210 valence electrons. The van der Waals surface area contributed by atoms with Crippen LogP contribution in [-0.4, -0.2) is 57.3 Å². The number of carbonyl (C=O) groups excluding carboxylic acids is 1. The molecule has 3 unspecified atom stereocenters. The summed E-state index contributed by atoms with van der Waals surface area (Å²) < 4.78 is -0.623. The van der Waals surface area contributed by atoms with Crippen LogP contribution in [0.5, 0.6) is 0 Å². The molecule has 7 heteroatoms. The zero-order chi connectivity index (χ0) is 27.4. The first-order valence-corrected chi connectivity index (χ1v) is 14.3. The highest BCUT2D eigenvalue weighted by atomic mass is 16.4. The molecule has 3 atom stereocenters. The maximum absolute atomic E-state index is 11.7. The summed E-state index contributed by atoms with van der Waals surface area (Å²) in [6, 6.07) is -3.70. The van der Waals surface area contributed by atoms with Crippen LogP contribution in [0.3, 0.4) is 0 Å². The summed E-state index contributed by atoms with van der Waals surface area (Å²) in [6.07, 6.45) is 23.9. The molecule has 0 spiro atoms. The van der Waals surface area contributed by atoms with Crippen LogP contribution in [-0.2, 0) is 14.4 Å². The number of carboxylic acids is 3. The first-order valence-electron chi connectivity index (χ1n) is 14.3. The number of allylic oxidation sites excluding steroid dienone is 1. The normalized spacial score (nSPS) is 15.9. The van der Waals surface area contributed by atoms with Gasteiger partial charge in [-0.1, -0.05) is 103 Å². The molecule has 0 heterocycles. The second-order valence-electron chi connectivity index (χ2n) is 10.4. The minimum absolute atomic E-state index is 0.00875. The second-order valence-corrected chi connectivity index (χ2v) is 10.4. The van der Waals surface area contributed by atoms with Gasteiger partial charge in [-0.25, -0.2) is 9.59 Å². The Kier molecular flexibility index (Phi) is 19.1. The average Bonchev–Trinajstić information content (AvgIpc) is 2.84. The predicted molar refractivity (Wildman–Crippen MR) is 142 cm³/mol. The van der Waals surface area contributed by atoms with Crippen molar-refractivity contribution in [2.24, 2.45) is 0 Å². The van der Waals surface area contributed by atoms with Crippen molar-refractivity contribution < 1.29 is 34.2 Å². The predicted octanol–water partition coefficient (Wildman–Crippen LogP) is 5.71. The number of carbonyl (C=O) groups is 3. The number of nitrogens with zero attached hydrogens (tertiary/aromatic N) is 1. The number of hydrogen-bond acceptors (Lipinski definition) is 4. The summed E-state index contributed by atoms with van der Waals surface area (Å²) in [5, 5.41) is 30.8. The molecule has 7 nitrogen and oxygen atoms in total. The van der Waals surface area contributed by atoms with Gasteiger partial charge in [0.15, 0.2) is 12.1 Å². The Morgan fingerprint density at radius 2 is 1.00 bits per heavy atom. The van der Waals surface area contributed by atoms with Crippen molar-refractivity contribution in [1.29, 1.82) is 0 Å². The van der Waals surface area contributed by atoms with Crippen LogP contribution in [0.1, 0.15) is 130 Å². The van der Waals surface area contributed by atoms with Crippen LogP contribution in [0.2, 0.25) is 0 Å². The first kappa shape index (κ1) is 34.1. The van der Waals surface area contributed by atoms with Crippen molar-refractivity contribution in [2.45, 2.75) is 149 Å². The fraction of sp³-hybridized carbons (Fsp3) is 0.828. The lowest BCUT2D eigenvalue weighted by Gasteiger charge is -2.48. The molecule has 0 amide bonds. The van der Waals surface area contributed by atoms with Gasteiger partial charge in [-0.05, 0) is 39.7 Å². The van der Waals surface area contributed by atoms with Crippen molar-refractivity contribution in [1.82, 2.24) is 0 Å². The third kappa shape index (κ3) is 12.9. The van der Waals surface area contributed by atoms with Gasteiger partial charge < -0.3 is 20.1 Å². The Bertz CT molecular complexity index is 597. The van der Waals surface area contributed by atoms with E-state index in [2.05, 4.69) is 6.92 Å². The molecule has 36 heavy (non-hydrogen) atoms. The summed E-state index contributed by atoms with van der Waals surface area (Å²) in [6.45, 7) is 6.32. The summed E-state index contributed by atoms with van der Waals surface area (Å²) in [5.74, 6) is -3.91. The average molecular weight is 512 g/mol. The molecule has 0 bridgehead atoms. The van der Waals surface area contributed by atoms with Crippen LogP contribution < -0.4 is 5.11 Å². The van der Waals surface area contributed by atoms with Gasteiger partial charge >= 0.3 is 11.9 Å². The molecule has 0 aliphatic heterocycles. The number of carboxylic acid groups (broad SMARTS) is 3. The van der Waals surface area contributed by atoms with Crippen LogP contribution in [0.4, 0.5) is 0 Å². The van der Waals surface area contributed by atoms with Crippen molar-refractivity contribution in [3.05, 3.63) is 12.2 Å². The largest absolute Gasteiger partial charge is 0.544 e. The van der Waals surface area contributed by atoms with Gasteiger partial charge in [0.05, 0.1) is 12.5 Å². The molecule has 0 saturated heterocycles. The highest BCUT2D eigenvalue weighted by Crippen LogP contribution is 2.26. The summed E-state index contributed by atoms with van der Waals surface area (Å²) >= 11 is 0. The van der Waals surface area contributed by atoms with E-state index in [1.54, 1.807) is 6.08 Å². The number of hydrogen-bond donors (Lipinski definition) is 2. The molecular formula is C29H53NO6. The zero-order valence-electron chi connectivity index (χ0n) is 23.4. The third-order valence-corrected chi connectivity index (χ3v) is 7.78. The Morgan fingerprint density at radius 3 is 1.33 bits per heavy atom. The van der Waals surface area contributed by atoms with E-state index in [-0.39, 0.29) is 6.54 Å². The topological polar surface area (TPSA) is 115 Å². The molecule has 0 rings (SSSR count). The van der Waals surface area contributed by atoms with Crippen LogP contribution >= 0.6 is 0 Å². The van der Waals surface area contributed by atoms with E-state index < -0.39 is 40.5 Å². The maximum Gasteiger partial charge on any atom is 0.362 e. The van der Waals surface area contributed by atoms with Crippen LogP contribution in [0.25, 0.3) is 0 Å². The minimum atomic E-state index is -1.45. The molecule has 0 aromatic carbocycles. The first-order chi connectivity index (χ1) is 17.1. The van der Waals surface area contributed by atoms with Gasteiger partial charge in [-0.15, -0.1) is 0 Å². The number of aliphatic carboxylic acids is 3. The molecular weight excluding hydrogens is 458 g/mol. The fourth-order valence-corrected chi connectivity index (χ4v) is 5.10. The lowest BCUT2D eigenvalue weighted by Crippen LogP contribution is -2.71. The van der Waals surface area contributed by atoms with Gasteiger partial charge in [0, 0.05) is 0 Å². The lowest BCUT2D eigenvalue weighted by atomic mass is 10.0. The summed E-state index contributed by atoms with van der Waals surface area (Å²) in [4.78, 5) is 35.1. The van der Waals surface area contributed by atoms with Crippen molar-refractivity contribution in [3.8, 4) is 0 Å². The van der Waals surface area contributed by atoms with E-state index in [1.165, 1.54) is 104 Å². The van der Waals surface area contributed by atoms with Gasteiger partial charge in [-0.2, -0.15) is 0 Å². The molecule has 0 saturated carbocycles. The molecule has 2 N–H and O–H groups in total. The van der Waals surface area contributed by atoms with Gasteiger partial charge in [0.2, 0.25) is 0 Å². The Labute approximate surface area is 219 Å². The van der Waals surface area contributed by atoms with Gasteiger partial charge in [0.1, 0.15) is 6.04 Å². The van der Waals surface area contributed by atoms with Gasteiger partial charge in [-0.3, -0.25) is 4.48 Å². The van der Waals surface area contributed by atoms with E-state index in [0.29, 0.717) is 0 Å². The molecule has 0 aliphatic carbocycles. The Balaban J connectivity index is 4.28. The summed E-state index contributed by atoms with van der Waals surface area (Å²) in [5.41, 5.74) is 0. The SMILES string of the molecule is CCCCCCCCCCCCCCCCC/C=C/C[N+](C(C)C(=O)[O-])(C(C)C(=O)O)C(C)C(=O)O. The van der Waals surface area contributed by atoms with E-state index in [0.717, 1.165) is 19.3 Å². The molecule has 0 radical (unpaired) electrons. The Hall–Kier alpha value is -1.89. The fourth-order valence-electron chi connectivity index (χ4n) is 5.10. The molecule has 0 aliphatic rings. The van der Waals surface area contributed by atoms with Crippen molar-refractivity contribution in [2.75, 3.05) is 6.54 Å². The van der Waals surface area contributed by atoms with Crippen molar-refractivity contribution >= 4 is 17.9 Å². The quantitative estimate of drug-likeness (QED) is 0.0975. The van der Waals surface area contributed by atoms with Crippen LogP contribution in [0.15, 0.2) is 12.2 Å². The minimum Gasteiger partial charge on any atom is -0.544 e. The highest BCUT2D eigenvalue weighted by molar-refractivity contribution is 5.77. The second kappa shape index (κ2) is 20.2. The highest BCUT2D eigenvalue weighted by Gasteiger charge is 2.50. The standard InChI is InChI=1S/C29H53NO6/c1-5-6-7-8-9-10-11-12-13-14-15-16-17-18-19-20-21-22-23-30(24(2)27(31)32,25(3)28(33)34)26(4)29(35)36/h21-22,24-26H,5-20,23H2,1-4H3,(H2-,31,32,33,34,35,36)/b22-21+. The zero-order valence-corrected chi connectivity index (χ0v) is 23.4. The number of unbranched alkanes of at least 4 members (excludes halogenated alkanes) is 15. The summed E-state index contributed by atoms with van der Waals surface area (Å²) in [7, 11) is 0. The van der Waals surface area contributed by atoms with E-state index >= 15 is 0 Å². The number of rotatable bonds is 24. The maximum atomic E-state index is 11.7. The van der Waals surface area contributed by atoms with Crippen LogP contribution in [0, 0.1) is 0 Å². The van der Waals surface area contributed by atoms with Gasteiger partial charge in [0.25, 0.3) is 0 Å². The molecule has 0 fully saturated rings. The lowest BCUT2D eigenvalue weighted by molar-refractivity contribution is -0.964. The Morgan fingerprint density at radius 1 is 0.639 bits per heavy atom. The van der Waals surface area contributed by atoms with Crippen molar-refractivity contribution in [3.63, 3.8) is 0 Å². The van der Waals surface area contributed by atoms with E-state index in [9.17, 15) is 29.7 Å². The monoisotopic (exact) mass is 511 g/mol.